The average Bonchev–Trinajstić information content (AvgIpc) is 2.89. The molecule has 3 aromatic rings. The van der Waals surface area contributed by atoms with Crippen LogP contribution >= 0.6 is 0 Å². The quantitative estimate of drug-likeness (QED) is 0.353. The number of anilines is 1. The second-order valence-electron chi connectivity index (χ2n) is 9.15. The van der Waals surface area contributed by atoms with Crippen molar-refractivity contribution in [2.45, 2.75) is 51.9 Å². The van der Waals surface area contributed by atoms with Gasteiger partial charge in [-0.1, -0.05) is 6.92 Å². The Morgan fingerprint density at radius 1 is 1.18 bits per heavy atom. The van der Waals surface area contributed by atoms with Crippen LogP contribution in [0.4, 0.5) is 14.7 Å². The second-order valence-corrected chi connectivity index (χ2v) is 9.15. The van der Waals surface area contributed by atoms with Gasteiger partial charge in [-0.05, 0) is 56.9 Å². The largest absolute Gasteiger partial charge is 0.549 e. The maximum atomic E-state index is 14.9. The Morgan fingerprint density at radius 2 is 1.91 bits per heavy atom. The molecular weight excluding hydrogens is 692 g/mol. The summed E-state index contributed by atoms with van der Waals surface area (Å²) in [4.78, 5) is 12.4. The van der Waals surface area contributed by atoms with E-state index in [9.17, 15) is 19.0 Å². The fraction of sp³-hybridized carbons (Fsp3) is 0.417. The summed E-state index contributed by atoms with van der Waals surface area (Å²) in [6.07, 6.45) is 2.17. The molecule has 3 atom stereocenters. The SMILES string of the molecule is Cc1c(C(C)(C)O)cnc2c(F)cc(-c3nc(N[C@@H]4C[C@H](C)CO[CH-][C@H]4O)ncc3F)cc12.[Lr]. The number of aryl methyl sites for hydroxylation is 1. The third kappa shape index (κ3) is 4.78. The number of hydrogen-bond donors (Lipinski definition) is 3. The zero-order valence-electron chi connectivity index (χ0n) is 19.2. The molecule has 0 spiro atoms. The fourth-order valence-electron chi connectivity index (χ4n) is 4.14. The Bertz CT molecular complexity index is 1190. The van der Waals surface area contributed by atoms with E-state index in [0.29, 0.717) is 29.5 Å². The zero-order chi connectivity index (χ0) is 23.9. The summed E-state index contributed by atoms with van der Waals surface area (Å²) in [7, 11) is 0. The van der Waals surface area contributed by atoms with Crippen LogP contribution in [0.1, 0.15) is 38.3 Å². The Labute approximate surface area is 190 Å². The average molecular weight is 720 g/mol. The molecule has 0 aliphatic carbocycles. The van der Waals surface area contributed by atoms with E-state index in [-0.39, 0.29) is 28.6 Å². The van der Waals surface area contributed by atoms with Crippen molar-refractivity contribution in [3.63, 3.8) is 0 Å². The molecule has 3 heterocycles. The van der Waals surface area contributed by atoms with E-state index in [1.807, 2.05) is 6.92 Å². The van der Waals surface area contributed by atoms with E-state index >= 15 is 0 Å². The van der Waals surface area contributed by atoms with Gasteiger partial charge in [0.25, 0.3) is 0 Å². The minimum atomic E-state index is -1.17. The summed E-state index contributed by atoms with van der Waals surface area (Å²) in [5.41, 5.74) is 0.275. The van der Waals surface area contributed by atoms with Crippen LogP contribution in [0.5, 0.6) is 0 Å². The third-order valence-corrected chi connectivity index (χ3v) is 5.87. The van der Waals surface area contributed by atoms with Gasteiger partial charge in [-0.2, -0.15) is 6.61 Å². The minimum absolute atomic E-state index is 0. The predicted octanol–water partition coefficient (Wildman–Crippen LogP) is 3.87. The molecule has 3 N–H and O–H groups in total. The molecule has 0 amide bonds. The van der Waals surface area contributed by atoms with Gasteiger partial charge in [0.2, 0.25) is 5.95 Å². The summed E-state index contributed by atoms with van der Waals surface area (Å²) in [6.45, 7) is 8.85. The molecule has 34 heavy (non-hydrogen) atoms. The molecule has 7 nitrogen and oxygen atoms in total. The number of nitrogens with one attached hydrogen (secondary N) is 1. The van der Waals surface area contributed by atoms with Crippen molar-refractivity contribution in [2.24, 2.45) is 5.92 Å². The van der Waals surface area contributed by atoms with Gasteiger partial charge in [0, 0.05) is 35.4 Å². The Balaban J connectivity index is 0.00000324. The number of aliphatic hydroxyl groups excluding tert-OH is 1. The van der Waals surface area contributed by atoms with Crippen LogP contribution in [-0.4, -0.2) is 43.9 Å². The number of halogens is 2. The van der Waals surface area contributed by atoms with Gasteiger partial charge >= 0.3 is 0 Å². The molecule has 1 aromatic carbocycles. The maximum Gasteiger partial charge on any atom is 0.223 e. The van der Waals surface area contributed by atoms with Crippen molar-refractivity contribution < 1.29 is 23.7 Å². The first kappa shape index (κ1) is 24.9. The Kier molecular flexibility index (Phi) is 6.77. The number of aliphatic hydroxyl groups is 2. The number of fused-ring (bicyclic) bond motifs is 1. The van der Waals surface area contributed by atoms with Gasteiger partial charge in [0.15, 0.2) is 5.82 Å². The molecule has 1 aliphatic rings. The topological polar surface area (TPSA) is 100 Å². The summed E-state index contributed by atoms with van der Waals surface area (Å²) < 4.78 is 35.0. The van der Waals surface area contributed by atoms with E-state index in [2.05, 4.69) is 20.3 Å². The fourth-order valence-corrected chi connectivity index (χ4v) is 4.14. The summed E-state index contributed by atoms with van der Waals surface area (Å²) in [5.74, 6) is -1.04. The normalized spacial score (nSPS) is 21.1. The molecule has 1 saturated heterocycles. The number of nitrogens with zero attached hydrogens (tertiary/aromatic N) is 3. The predicted molar refractivity (Wildman–Crippen MR) is 120 cm³/mol. The third-order valence-electron chi connectivity index (χ3n) is 5.87. The molecule has 1 aliphatic heterocycles. The number of pyridine rings is 1. The Morgan fingerprint density at radius 3 is 2.62 bits per heavy atom. The van der Waals surface area contributed by atoms with Crippen molar-refractivity contribution in [2.75, 3.05) is 11.9 Å². The Hall–Kier alpha value is -3.75. The summed E-state index contributed by atoms with van der Waals surface area (Å²) >= 11 is 0. The molecule has 0 saturated carbocycles. The molecule has 1 fully saturated rings. The first-order valence-electron chi connectivity index (χ1n) is 10.8. The van der Waals surface area contributed by atoms with E-state index in [0.717, 1.165) is 6.20 Å². The van der Waals surface area contributed by atoms with Crippen molar-refractivity contribution in [3.8, 4) is 11.3 Å². The first-order valence-corrected chi connectivity index (χ1v) is 10.8. The van der Waals surface area contributed by atoms with Crippen LogP contribution < -0.4 is 5.32 Å². The first-order chi connectivity index (χ1) is 15.5. The van der Waals surface area contributed by atoms with Gasteiger partial charge in [-0.15, -0.1) is 0 Å². The van der Waals surface area contributed by atoms with Crippen molar-refractivity contribution in [1.82, 2.24) is 15.0 Å². The molecule has 10 heteroatoms. The zero-order valence-corrected chi connectivity index (χ0v) is 21.3. The van der Waals surface area contributed by atoms with Crippen molar-refractivity contribution >= 4 is 16.9 Å². The van der Waals surface area contributed by atoms with Crippen LogP contribution in [0, 0.1) is 31.1 Å². The maximum absolute atomic E-state index is 14.9. The smallest absolute Gasteiger partial charge is 0.223 e. The number of aromatic nitrogens is 3. The molecule has 1 radical (unpaired) electrons. The number of hydrogen-bond acceptors (Lipinski definition) is 7. The molecule has 4 rings (SSSR count). The number of ether oxygens (including phenoxy) is 1. The van der Waals surface area contributed by atoms with Crippen LogP contribution in [0.3, 0.4) is 0 Å². The van der Waals surface area contributed by atoms with Gasteiger partial charge in [0.05, 0.1) is 11.8 Å². The number of benzene rings is 1. The van der Waals surface area contributed by atoms with Crippen LogP contribution in [0.15, 0.2) is 24.5 Å². The molecule has 0 bridgehead atoms. The summed E-state index contributed by atoms with van der Waals surface area (Å²) in [5, 5.41) is 24.2. The van der Waals surface area contributed by atoms with E-state index in [1.54, 1.807) is 26.8 Å². The van der Waals surface area contributed by atoms with Crippen molar-refractivity contribution in [1.29, 1.82) is 0 Å². The molecule has 2 aromatic heterocycles. The van der Waals surface area contributed by atoms with Gasteiger partial charge < -0.3 is 20.3 Å². The van der Waals surface area contributed by atoms with Crippen LogP contribution in [0.2, 0.25) is 0 Å². The molecular formula is C24H27F2LrN4O3-. The molecule has 0 unspecified atom stereocenters. The van der Waals surface area contributed by atoms with Crippen LogP contribution in [0.25, 0.3) is 22.2 Å². The van der Waals surface area contributed by atoms with Gasteiger partial charge in [-0.25, -0.2) is 18.7 Å². The van der Waals surface area contributed by atoms with E-state index < -0.39 is 29.4 Å². The van der Waals surface area contributed by atoms with Crippen LogP contribution in [-0.2, 0) is 10.3 Å². The van der Waals surface area contributed by atoms with Gasteiger partial charge in [0.1, 0.15) is 17.0 Å². The van der Waals surface area contributed by atoms with E-state index in [1.165, 1.54) is 18.9 Å². The van der Waals surface area contributed by atoms with Gasteiger partial charge in [-0.3, -0.25) is 4.98 Å². The molecule has 191 valence electrons. The summed E-state index contributed by atoms with van der Waals surface area (Å²) in [6, 6.07) is 2.36. The van der Waals surface area contributed by atoms with E-state index in [4.69, 9.17) is 4.74 Å². The standard InChI is InChI=1S/C24H27F2N4O3.Lr/c1-12-5-19(20(31)11-33-10-12)29-23-28-9-18(26)21(30-23)14-6-15-13(2)16(24(3,4)32)8-27-22(15)17(25)7-14;/h6-9,11-12,19-20,31-32H,5,10H2,1-4H3,(H,28,29,30);/q-1;/t12-,19+,20+;/m0./s1. The monoisotopic (exact) mass is 719 g/mol. The van der Waals surface area contributed by atoms with Crippen molar-refractivity contribution in [3.05, 3.63) is 53.9 Å². The second kappa shape index (κ2) is 9.24. The number of rotatable bonds is 4. The minimum Gasteiger partial charge on any atom is -0.549 e.